The molecule has 0 saturated carbocycles. The molecule has 0 aliphatic carbocycles. The van der Waals surface area contributed by atoms with Gasteiger partial charge in [-0.3, -0.25) is 0 Å². The molecule has 1 fully saturated rings. The fraction of sp³-hybridized carbons (Fsp3) is 0.667. The maximum absolute atomic E-state index is 12.0. The van der Waals surface area contributed by atoms with Crippen molar-refractivity contribution in [3.63, 3.8) is 0 Å². The van der Waals surface area contributed by atoms with Crippen molar-refractivity contribution >= 4 is 21.4 Å². The number of hydrogen-bond acceptors (Lipinski definition) is 5. The molecule has 0 bridgehead atoms. The second kappa shape index (κ2) is 6.32. The van der Waals surface area contributed by atoms with Gasteiger partial charge in [-0.1, -0.05) is 0 Å². The topological polar surface area (TPSA) is 67.4 Å². The van der Waals surface area contributed by atoms with E-state index in [-0.39, 0.29) is 6.10 Å². The average molecular weight is 304 g/mol. The number of sulfonamides is 1. The van der Waals surface area contributed by atoms with Gasteiger partial charge in [-0.05, 0) is 32.4 Å². The van der Waals surface area contributed by atoms with E-state index in [0.29, 0.717) is 23.3 Å². The second-order valence-corrected chi connectivity index (χ2v) is 7.97. The van der Waals surface area contributed by atoms with Crippen LogP contribution in [0.4, 0.5) is 0 Å². The van der Waals surface area contributed by atoms with Crippen molar-refractivity contribution in [3.8, 4) is 0 Å². The highest BCUT2D eigenvalue weighted by Gasteiger charge is 2.23. The van der Waals surface area contributed by atoms with E-state index in [1.165, 1.54) is 11.3 Å². The summed E-state index contributed by atoms with van der Waals surface area (Å²) >= 11 is 1.29. The van der Waals surface area contributed by atoms with Crippen molar-refractivity contribution in [2.24, 2.45) is 0 Å². The van der Waals surface area contributed by atoms with Gasteiger partial charge in [0.15, 0.2) is 0 Å². The Morgan fingerprint density at radius 1 is 1.42 bits per heavy atom. The molecule has 1 aliphatic heterocycles. The number of nitrogens with one attached hydrogen (secondary N) is 2. The molecule has 2 heterocycles. The first-order valence-electron chi connectivity index (χ1n) is 6.40. The van der Waals surface area contributed by atoms with Crippen molar-refractivity contribution in [1.29, 1.82) is 0 Å². The van der Waals surface area contributed by atoms with Crippen molar-refractivity contribution < 1.29 is 13.2 Å². The SMILES string of the molecule is Cc1ccc(S(=O)(=O)NCCNC2CCOC2C)s1. The molecule has 1 aliphatic rings. The molecule has 2 unspecified atom stereocenters. The minimum Gasteiger partial charge on any atom is -0.377 e. The first kappa shape index (κ1) is 14.9. The number of rotatable bonds is 6. The van der Waals surface area contributed by atoms with Crippen LogP contribution in [0.3, 0.4) is 0 Å². The highest BCUT2D eigenvalue weighted by Crippen LogP contribution is 2.20. The van der Waals surface area contributed by atoms with E-state index in [1.54, 1.807) is 6.07 Å². The van der Waals surface area contributed by atoms with Crippen LogP contribution in [0.25, 0.3) is 0 Å². The maximum atomic E-state index is 12.0. The Kier molecular flexibility index (Phi) is 4.97. The van der Waals surface area contributed by atoms with Crippen LogP contribution >= 0.6 is 11.3 Å². The van der Waals surface area contributed by atoms with E-state index in [1.807, 2.05) is 19.9 Å². The van der Waals surface area contributed by atoms with Crippen LogP contribution in [0.15, 0.2) is 16.3 Å². The molecule has 108 valence electrons. The van der Waals surface area contributed by atoms with Crippen molar-refractivity contribution in [1.82, 2.24) is 10.0 Å². The predicted molar refractivity (Wildman–Crippen MR) is 76.1 cm³/mol. The van der Waals surface area contributed by atoms with Crippen LogP contribution in [0.1, 0.15) is 18.2 Å². The third-order valence-corrected chi connectivity index (χ3v) is 6.13. The van der Waals surface area contributed by atoms with Gasteiger partial charge >= 0.3 is 0 Å². The molecule has 0 spiro atoms. The summed E-state index contributed by atoms with van der Waals surface area (Å²) in [7, 11) is -3.35. The molecular formula is C12H20N2O3S2. The van der Waals surface area contributed by atoms with Crippen LogP contribution in [-0.2, 0) is 14.8 Å². The van der Waals surface area contributed by atoms with Gasteiger partial charge in [-0.25, -0.2) is 13.1 Å². The zero-order chi connectivity index (χ0) is 13.9. The van der Waals surface area contributed by atoms with Crippen LogP contribution in [0.2, 0.25) is 0 Å². The zero-order valence-corrected chi connectivity index (χ0v) is 12.8. The second-order valence-electron chi connectivity index (χ2n) is 4.69. The molecule has 7 heteroatoms. The van der Waals surface area contributed by atoms with E-state index >= 15 is 0 Å². The Morgan fingerprint density at radius 2 is 2.21 bits per heavy atom. The minimum atomic E-state index is -3.35. The molecule has 1 aromatic heterocycles. The first-order chi connectivity index (χ1) is 8.99. The van der Waals surface area contributed by atoms with Crippen LogP contribution in [0.5, 0.6) is 0 Å². The number of thiophene rings is 1. The van der Waals surface area contributed by atoms with Gasteiger partial charge in [-0.2, -0.15) is 0 Å². The van der Waals surface area contributed by atoms with Gasteiger partial charge in [0.25, 0.3) is 0 Å². The summed E-state index contributed by atoms with van der Waals surface area (Å²) in [5, 5.41) is 3.31. The largest absolute Gasteiger partial charge is 0.377 e. The lowest BCUT2D eigenvalue weighted by atomic mass is 10.1. The molecule has 0 amide bonds. The van der Waals surface area contributed by atoms with Gasteiger partial charge < -0.3 is 10.1 Å². The van der Waals surface area contributed by atoms with Gasteiger partial charge in [0.2, 0.25) is 10.0 Å². The molecule has 5 nitrogen and oxygen atoms in total. The lowest BCUT2D eigenvalue weighted by molar-refractivity contribution is 0.113. The molecule has 2 rings (SSSR count). The van der Waals surface area contributed by atoms with Gasteiger partial charge in [0.1, 0.15) is 4.21 Å². The van der Waals surface area contributed by atoms with Crippen molar-refractivity contribution in [2.75, 3.05) is 19.7 Å². The molecule has 1 aromatic rings. The monoisotopic (exact) mass is 304 g/mol. The van der Waals surface area contributed by atoms with E-state index in [4.69, 9.17) is 4.74 Å². The summed E-state index contributed by atoms with van der Waals surface area (Å²) in [5.74, 6) is 0. The fourth-order valence-electron chi connectivity index (χ4n) is 2.07. The highest BCUT2D eigenvalue weighted by molar-refractivity contribution is 7.91. The number of ether oxygens (including phenoxy) is 1. The lowest BCUT2D eigenvalue weighted by Gasteiger charge is -2.15. The maximum Gasteiger partial charge on any atom is 0.250 e. The first-order valence-corrected chi connectivity index (χ1v) is 8.70. The zero-order valence-electron chi connectivity index (χ0n) is 11.2. The Hall–Kier alpha value is -0.470. The molecule has 2 N–H and O–H groups in total. The fourth-order valence-corrected chi connectivity index (χ4v) is 4.43. The molecule has 19 heavy (non-hydrogen) atoms. The van der Waals surface area contributed by atoms with Crippen LogP contribution in [-0.4, -0.2) is 40.3 Å². The third kappa shape index (κ3) is 4.00. The van der Waals surface area contributed by atoms with Crippen molar-refractivity contribution in [2.45, 2.75) is 36.6 Å². The number of hydrogen-bond donors (Lipinski definition) is 2. The molecule has 2 atom stereocenters. The predicted octanol–water partition coefficient (Wildman–Crippen LogP) is 1.10. The standard InChI is InChI=1S/C12H20N2O3S2/c1-9-3-4-12(18-9)19(15,16)14-7-6-13-11-5-8-17-10(11)2/h3-4,10-11,13-14H,5-8H2,1-2H3. The average Bonchev–Trinajstić information content (AvgIpc) is 2.94. The summed E-state index contributed by atoms with van der Waals surface area (Å²) in [6.45, 7) is 5.71. The quantitative estimate of drug-likeness (QED) is 0.772. The third-order valence-electron chi connectivity index (χ3n) is 3.18. The van der Waals surface area contributed by atoms with Crippen LogP contribution < -0.4 is 10.0 Å². The Morgan fingerprint density at radius 3 is 2.79 bits per heavy atom. The summed E-state index contributed by atoms with van der Waals surface area (Å²) in [4.78, 5) is 0.996. The van der Waals surface area contributed by atoms with E-state index in [2.05, 4.69) is 10.0 Å². The molecule has 1 saturated heterocycles. The molecule has 0 radical (unpaired) electrons. The highest BCUT2D eigenvalue weighted by atomic mass is 32.2. The minimum absolute atomic E-state index is 0.205. The smallest absolute Gasteiger partial charge is 0.250 e. The van der Waals surface area contributed by atoms with E-state index in [0.717, 1.165) is 17.9 Å². The molecular weight excluding hydrogens is 284 g/mol. The van der Waals surface area contributed by atoms with Gasteiger partial charge in [-0.15, -0.1) is 11.3 Å². The van der Waals surface area contributed by atoms with Gasteiger partial charge in [0, 0.05) is 30.6 Å². The Labute approximate surface area is 118 Å². The van der Waals surface area contributed by atoms with E-state index < -0.39 is 10.0 Å². The van der Waals surface area contributed by atoms with Gasteiger partial charge in [0.05, 0.1) is 6.10 Å². The molecule has 0 aromatic carbocycles. The summed E-state index contributed by atoms with van der Waals surface area (Å²) in [5.41, 5.74) is 0. The van der Waals surface area contributed by atoms with Crippen LogP contribution in [0, 0.1) is 6.92 Å². The van der Waals surface area contributed by atoms with E-state index in [9.17, 15) is 8.42 Å². The summed E-state index contributed by atoms with van der Waals surface area (Å²) < 4.78 is 32.3. The summed E-state index contributed by atoms with van der Waals surface area (Å²) in [6, 6.07) is 3.78. The Balaban J connectivity index is 1.76. The number of aryl methyl sites for hydroxylation is 1. The van der Waals surface area contributed by atoms with Crippen molar-refractivity contribution in [3.05, 3.63) is 17.0 Å². The Bertz CT molecular complexity index is 513. The summed E-state index contributed by atoms with van der Waals surface area (Å²) in [6.07, 6.45) is 1.19. The normalized spacial score (nSPS) is 23.9. The lowest BCUT2D eigenvalue weighted by Crippen LogP contribution is -2.40.